The summed E-state index contributed by atoms with van der Waals surface area (Å²) in [5.41, 5.74) is 1.53. The van der Waals surface area contributed by atoms with Gasteiger partial charge in [0.15, 0.2) is 0 Å². The highest BCUT2D eigenvalue weighted by atomic mass is 19.1. The van der Waals surface area contributed by atoms with Crippen molar-refractivity contribution in [3.05, 3.63) is 65.2 Å². The molecule has 0 saturated heterocycles. The summed E-state index contributed by atoms with van der Waals surface area (Å²) in [7, 11) is 0. The fourth-order valence-electron chi connectivity index (χ4n) is 2.33. The van der Waals surface area contributed by atoms with Crippen LogP contribution in [0.2, 0.25) is 0 Å². The van der Waals surface area contributed by atoms with Crippen molar-refractivity contribution in [3.63, 3.8) is 0 Å². The quantitative estimate of drug-likeness (QED) is 0.763. The molecule has 1 aromatic heterocycles. The van der Waals surface area contributed by atoms with E-state index in [1.807, 2.05) is 0 Å². The van der Waals surface area contributed by atoms with Crippen molar-refractivity contribution in [2.75, 3.05) is 13.1 Å². The second-order valence-electron chi connectivity index (χ2n) is 6.50. The lowest BCUT2D eigenvalue weighted by atomic mass is 10.1. The maximum Gasteiger partial charge on any atom is 0.269 e. The van der Waals surface area contributed by atoms with Crippen LogP contribution in [0.5, 0.6) is 0 Å². The average Bonchev–Trinajstić information content (AvgIpc) is 2.63. The van der Waals surface area contributed by atoms with Crippen LogP contribution in [0, 0.1) is 11.7 Å². The molecule has 0 aliphatic rings. The average molecular weight is 357 g/mol. The number of hydrogen-bond acceptors (Lipinski definition) is 3. The summed E-state index contributed by atoms with van der Waals surface area (Å²) in [5, 5.41) is 5.60. The summed E-state index contributed by atoms with van der Waals surface area (Å²) in [6.45, 7) is 5.18. The minimum atomic E-state index is -0.344. The van der Waals surface area contributed by atoms with Crippen LogP contribution >= 0.6 is 0 Å². The van der Waals surface area contributed by atoms with Crippen LogP contribution in [0.4, 0.5) is 4.39 Å². The maximum absolute atomic E-state index is 12.9. The van der Waals surface area contributed by atoms with Crippen LogP contribution in [0.25, 0.3) is 0 Å². The molecular weight excluding hydrogens is 333 g/mol. The van der Waals surface area contributed by atoms with Crippen LogP contribution in [0.1, 0.15) is 46.7 Å². The van der Waals surface area contributed by atoms with Crippen molar-refractivity contribution in [2.45, 2.75) is 26.7 Å². The first-order chi connectivity index (χ1) is 12.5. The third-order valence-corrected chi connectivity index (χ3v) is 3.87. The molecule has 2 N–H and O–H groups in total. The van der Waals surface area contributed by atoms with Gasteiger partial charge in [0.25, 0.3) is 11.8 Å². The Bertz CT molecular complexity index is 745. The van der Waals surface area contributed by atoms with E-state index in [1.54, 1.807) is 18.2 Å². The van der Waals surface area contributed by atoms with Gasteiger partial charge in [-0.05, 0) is 48.6 Å². The van der Waals surface area contributed by atoms with E-state index in [9.17, 15) is 14.0 Å². The van der Waals surface area contributed by atoms with Gasteiger partial charge in [0.1, 0.15) is 11.5 Å². The van der Waals surface area contributed by atoms with Gasteiger partial charge in [-0.3, -0.25) is 14.6 Å². The van der Waals surface area contributed by atoms with E-state index >= 15 is 0 Å². The summed E-state index contributed by atoms with van der Waals surface area (Å²) in [5.74, 6) is -0.335. The molecule has 6 heteroatoms. The Hall–Kier alpha value is -2.76. The van der Waals surface area contributed by atoms with Crippen LogP contribution < -0.4 is 10.6 Å². The second kappa shape index (κ2) is 9.65. The zero-order chi connectivity index (χ0) is 18.9. The molecule has 2 rings (SSSR count). The Kier molecular flexibility index (Phi) is 7.26. The van der Waals surface area contributed by atoms with Gasteiger partial charge < -0.3 is 10.6 Å². The Morgan fingerprint density at radius 2 is 1.73 bits per heavy atom. The highest BCUT2D eigenvalue weighted by molar-refractivity contribution is 5.98. The Morgan fingerprint density at radius 3 is 2.42 bits per heavy atom. The number of benzene rings is 1. The monoisotopic (exact) mass is 357 g/mol. The van der Waals surface area contributed by atoms with Crippen LogP contribution in [0.15, 0.2) is 42.6 Å². The van der Waals surface area contributed by atoms with Gasteiger partial charge in [-0.15, -0.1) is 0 Å². The lowest BCUT2D eigenvalue weighted by Gasteiger charge is -2.08. The SMILES string of the molecule is CC(C)CCNC(=O)c1ccnc(C(=O)NCCc2ccc(F)cc2)c1. The summed E-state index contributed by atoms with van der Waals surface area (Å²) < 4.78 is 12.9. The highest BCUT2D eigenvalue weighted by Gasteiger charge is 2.11. The number of nitrogens with zero attached hydrogens (tertiary/aromatic N) is 1. The van der Waals surface area contributed by atoms with Crippen molar-refractivity contribution in [2.24, 2.45) is 5.92 Å². The zero-order valence-corrected chi connectivity index (χ0v) is 15.1. The van der Waals surface area contributed by atoms with Crippen molar-refractivity contribution >= 4 is 11.8 Å². The number of nitrogens with one attached hydrogen (secondary N) is 2. The molecule has 0 radical (unpaired) electrons. The molecule has 0 bridgehead atoms. The summed E-state index contributed by atoms with van der Waals surface area (Å²) in [6, 6.07) is 9.21. The van der Waals surface area contributed by atoms with Gasteiger partial charge in [-0.2, -0.15) is 0 Å². The van der Waals surface area contributed by atoms with E-state index in [0.29, 0.717) is 31.0 Å². The number of aromatic nitrogens is 1. The normalized spacial score (nSPS) is 10.6. The summed E-state index contributed by atoms with van der Waals surface area (Å²) in [4.78, 5) is 28.4. The molecule has 0 unspecified atom stereocenters. The number of pyridine rings is 1. The predicted molar refractivity (Wildman–Crippen MR) is 98.5 cm³/mol. The molecule has 0 aliphatic heterocycles. The smallest absolute Gasteiger partial charge is 0.269 e. The molecule has 5 nitrogen and oxygen atoms in total. The first-order valence-corrected chi connectivity index (χ1v) is 8.72. The number of amides is 2. The number of rotatable bonds is 8. The first-order valence-electron chi connectivity index (χ1n) is 8.72. The van der Waals surface area contributed by atoms with Crippen LogP contribution in [0.3, 0.4) is 0 Å². The minimum absolute atomic E-state index is 0.195. The fraction of sp³-hybridized carbons (Fsp3) is 0.350. The van der Waals surface area contributed by atoms with Gasteiger partial charge in [-0.1, -0.05) is 26.0 Å². The Morgan fingerprint density at radius 1 is 1.04 bits per heavy atom. The summed E-state index contributed by atoms with van der Waals surface area (Å²) in [6.07, 6.45) is 2.93. The van der Waals surface area contributed by atoms with E-state index in [-0.39, 0.29) is 23.3 Å². The number of carbonyl (C=O) groups is 2. The van der Waals surface area contributed by atoms with E-state index in [2.05, 4.69) is 29.5 Å². The number of hydrogen-bond donors (Lipinski definition) is 2. The van der Waals surface area contributed by atoms with Gasteiger partial charge in [0.05, 0.1) is 0 Å². The van der Waals surface area contributed by atoms with Crippen molar-refractivity contribution in [1.82, 2.24) is 15.6 Å². The molecule has 26 heavy (non-hydrogen) atoms. The maximum atomic E-state index is 12.9. The first kappa shape index (κ1) is 19.6. The predicted octanol–water partition coefficient (Wildman–Crippen LogP) is 2.97. The van der Waals surface area contributed by atoms with Gasteiger partial charge >= 0.3 is 0 Å². The van der Waals surface area contributed by atoms with E-state index in [1.165, 1.54) is 24.4 Å². The van der Waals surface area contributed by atoms with Gasteiger partial charge in [0, 0.05) is 24.8 Å². The third kappa shape index (κ3) is 6.27. The summed E-state index contributed by atoms with van der Waals surface area (Å²) >= 11 is 0. The Labute approximate surface area is 153 Å². The van der Waals surface area contributed by atoms with Crippen molar-refractivity contribution in [3.8, 4) is 0 Å². The van der Waals surface area contributed by atoms with E-state index in [4.69, 9.17) is 0 Å². The molecule has 2 aromatic rings. The molecule has 0 aliphatic carbocycles. The van der Waals surface area contributed by atoms with Gasteiger partial charge in [-0.25, -0.2) is 4.39 Å². The topological polar surface area (TPSA) is 71.1 Å². The largest absolute Gasteiger partial charge is 0.352 e. The van der Waals surface area contributed by atoms with Crippen LogP contribution in [-0.2, 0) is 6.42 Å². The van der Waals surface area contributed by atoms with E-state index in [0.717, 1.165) is 12.0 Å². The fourth-order valence-corrected chi connectivity index (χ4v) is 2.33. The third-order valence-electron chi connectivity index (χ3n) is 3.87. The standard InChI is InChI=1S/C20H24FN3O2/c1-14(2)7-10-23-19(25)16-9-12-22-18(13-16)20(26)24-11-8-15-3-5-17(21)6-4-15/h3-6,9,12-14H,7-8,10-11H2,1-2H3,(H,23,25)(H,24,26). The molecule has 0 spiro atoms. The highest BCUT2D eigenvalue weighted by Crippen LogP contribution is 2.05. The lowest BCUT2D eigenvalue weighted by Crippen LogP contribution is -2.28. The van der Waals surface area contributed by atoms with Crippen molar-refractivity contribution in [1.29, 1.82) is 0 Å². The molecular formula is C20H24FN3O2. The van der Waals surface area contributed by atoms with Crippen molar-refractivity contribution < 1.29 is 14.0 Å². The molecule has 0 saturated carbocycles. The minimum Gasteiger partial charge on any atom is -0.352 e. The number of carbonyl (C=O) groups excluding carboxylic acids is 2. The zero-order valence-electron chi connectivity index (χ0n) is 15.1. The van der Waals surface area contributed by atoms with E-state index < -0.39 is 0 Å². The van der Waals surface area contributed by atoms with Crippen LogP contribution in [-0.4, -0.2) is 29.9 Å². The second-order valence-corrected chi connectivity index (χ2v) is 6.50. The Balaban J connectivity index is 1.86. The molecule has 0 atom stereocenters. The molecule has 2 amide bonds. The lowest BCUT2D eigenvalue weighted by molar-refractivity contribution is 0.0949. The van der Waals surface area contributed by atoms with Gasteiger partial charge in [0.2, 0.25) is 0 Å². The molecule has 1 heterocycles. The molecule has 138 valence electrons. The molecule has 0 fully saturated rings. The number of halogens is 1. The molecule has 1 aromatic carbocycles.